The first-order valence-corrected chi connectivity index (χ1v) is 4.25. The van der Waals surface area contributed by atoms with Crippen molar-refractivity contribution < 1.29 is 19.0 Å². The molecule has 7 heteroatoms. The second-order valence-electron chi connectivity index (χ2n) is 2.96. The lowest BCUT2D eigenvalue weighted by Crippen LogP contribution is -2.01. The Morgan fingerprint density at radius 1 is 1.56 bits per heavy atom. The van der Waals surface area contributed by atoms with Gasteiger partial charge in [-0.25, -0.2) is 4.79 Å². The van der Waals surface area contributed by atoms with Gasteiger partial charge in [-0.05, 0) is 6.07 Å². The molecule has 0 saturated heterocycles. The molecule has 0 bridgehead atoms. The average molecular weight is 222 g/mol. The number of rotatable bonds is 2. The third-order valence-electron chi connectivity index (χ3n) is 2.04. The normalized spacial score (nSPS) is 10.3. The van der Waals surface area contributed by atoms with E-state index in [0.29, 0.717) is 5.58 Å². The minimum Gasteiger partial charge on any atom is -0.464 e. The lowest BCUT2D eigenvalue weighted by atomic mass is 10.2. The van der Waals surface area contributed by atoms with Gasteiger partial charge in [0.2, 0.25) is 0 Å². The quantitative estimate of drug-likeness (QED) is 0.434. The minimum absolute atomic E-state index is 0.0683. The molecular formula is C9H6N2O5. The van der Waals surface area contributed by atoms with Crippen molar-refractivity contribution in [3.8, 4) is 0 Å². The van der Waals surface area contributed by atoms with Gasteiger partial charge in [-0.2, -0.15) is 0 Å². The molecule has 82 valence electrons. The molecule has 16 heavy (non-hydrogen) atoms. The van der Waals surface area contributed by atoms with Crippen LogP contribution in [-0.2, 0) is 4.74 Å². The van der Waals surface area contributed by atoms with Crippen molar-refractivity contribution >= 4 is 22.6 Å². The molecule has 0 atom stereocenters. The number of benzene rings is 1. The number of carbonyl (C=O) groups is 1. The zero-order chi connectivity index (χ0) is 11.7. The maximum Gasteiger partial charge on any atom is 0.360 e. The first-order valence-electron chi connectivity index (χ1n) is 4.25. The number of hydrogen-bond donors (Lipinski definition) is 0. The molecule has 2 rings (SSSR count). The molecule has 0 amide bonds. The average Bonchev–Trinajstić information content (AvgIpc) is 2.70. The number of hydrogen-bond acceptors (Lipinski definition) is 6. The van der Waals surface area contributed by atoms with E-state index in [9.17, 15) is 14.9 Å². The highest BCUT2D eigenvalue weighted by atomic mass is 16.6. The smallest absolute Gasteiger partial charge is 0.360 e. The zero-order valence-electron chi connectivity index (χ0n) is 8.17. The minimum atomic E-state index is -0.695. The van der Waals surface area contributed by atoms with Crippen LogP contribution in [0.4, 0.5) is 5.69 Å². The van der Waals surface area contributed by atoms with E-state index in [2.05, 4.69) is 9.89 Å². The van der Waals surface area contributed by atoms with Crippen molar-refractivity contribution in [1.82, 2.24) is 5.16 Å². The van der Waals surface area contributed by atoms with E-state index in [1.54, 1.807) is 0 Å². The summed E-state index contributed by atoms with van der Waals surface area (Å²) in [5.74, 6) is -0.695. The second kappa shape index (κ2) is 3.61. The fourth-order valence-electron chi connectivity index (χ4n) is 1.28. The largest absolute Gasteiger partial charge is 0.464 e. The molecule has 1 aromatic heterocycles. The molecule has 0 N–H and O–H groups in total. The van der Waals surface area contributed by atoms with Crippen LogP contribution in [0.15, 0.2) is 22.7 Å². The van der Waals surface area contributed by atoms with Gasteiger partial charge in [-0.3, -0.25) is 10.1 Å². The lowest BCUT2D eigenvalue weighted by molar-refractivity contribution is -0.384. The number of esters is 1. The topological polar surface area (TPSA) is 95.5 Å². The van der Waals surface area contributed by atoms with Crippen molar-refractivity contribution in [2.24, 2.45) is 0 Å². The first kappa shape index (κ1) is 10.1. The maximum absolute atomic E-state index is 11.3. The van der Waals surface area contributed by atoms with Gasteiger partial charge < -0.3 is 9.26 Å². The standard InChI is InChI=1S/C9H6N2O5/c1-15-9(12)8-6-4-5(11(13)14)2-3-7(6)16-10-8/h2-4H,1H3. The highest BCUT2D eigenvalue weighted by molar-refractivity contribution is 6.01. The van der Waals surface area contributed by atoms with E-state index in [-0.39, 0.29) is 16.8 Å². The molecule has 0 fully saturated rings. The number of methoxy groups -OCH3 is 1. The van der Waals surface area contributed by atoms with Crippen LogP contribution in [0.2, 0.25) is 0 Å². The summed E-state index contributed by atoms with van der Waals surface area (Å²) < 4.78 is 9.31. The number of nitro groups is 1. The van der Waals surface area contributed by atoms with Crippen LogP contribution in [-0.4, -0.2) is 23.2 Å². The molecule has 0 spiro atoms. The van der Waals surface area contributed by atoms with Crippen molar-refractivity contribution in [1.29, 1.82) is 0 Å². The summed E-state index contributed by atoms with van der Waals surface area (Å²) in [7, 11) is 1.19. The molecule has 0 radical (unpaired) electrons. The Morgan fingerprint density at radius 3 is 2.94 bits per heavy atom. The Balaban J connectivity index is 2.64. The number of carbonyl (C=O) groups excluding carboxylic acids is 1. The molecule has 0 unspecified atom stereocenters. The fourth-order valence-corrected chi connectivity index (χ4v) is 1.28. The van der Waals surface area contributed by atoms with E-state index >= 15 is 0 Å². The van der Waals surface area contributed by atoms with E-state index in [1.165, 1.54) is 25.3 Å². The van der Waals surface area contributed by atoms with Crippen LogP contribution in [0, 0.1) is 10.1 Å². The summed E-state index contributed by atoms with van der Waals surface area (Å²) in [5, 5.41) is 14.3. The zero-order valence-corrected chi connectivity index (χ0v) is 8.17. The van der Waals surface area contributed by atoms with E-state index in [4.69, 9.17) is 4.52 Å². The summed E-state index contributed by atoms with van der Waals surface area (Å²) >= 11 is 0. The molecule has 0 aliphatic carbocycles. The van der Waals surface area contributed by atoms with E-state index < -0.39 is 10.9 Å². The Morgan fingerprint density at radius 2 is 2.31 bits per heavy atom. The van der Waals surface area contributed by atoms with E-state index in [1.807, 2.05) is 0 Å². The van der Waals surface area contributed by atoms with Crippen LogP contribution in [0.25, 0.3) is 11.0 Å². The maximum atomic E-state index is 11.3. The summed E-state index contributed by atoms with van der Waals surface area (Å²) in [6, 6.07) is 3.87. The van der Waals surface area contributed by atoms with Crippen molar-refractivity contribution in [3.63, 3.8) is 0 Å². The number of nitro benzene ring substituents is 1. The molecule has 0 aliphatic heterocycles. The monoisotopic (exact) mass is 222 g/mol. The summed E-state index contributed by atoms with van der Waals surface area (Å²) in [5.41, 5.74) is 0.0908. The van der Waals surface area contributed by atoms with Gasteiger partial charge in [0.15, 0.2) is 11.3 Å². The van der Waals surface area contributed by atoms with Crippen LogP contribution in [0.5, 0.6) is 0 Å². The molecule has 0 aliphatic rings. The Hall–Kier alpha value is -2.44. The number of aromatic nitrogens is 1. The number of ether oxygens (including phenoxy) is 1. The highest BCUT2D eigenvalue weighted by Crippen LogP contribution is 2.24. The van der Waals surface area contributed by atoms with Gasteiger partial charge in [0, 0.05) is 12.1 Å². The third-order valence-corrected chi connectivity index (χ3v) is 2.04. The highest BCUT2D eigenvalue weighted by Gasteiger charge is 2.19. The second-order valence-corrected chi connectivity index (χ2v) is 2.96. The molecule has 1 aromatic carbocycles. The Labute approximate surface area is 88.7 Å². The van der Waals surface area contributed by atoms with Gasteiger partial charge in [-0.1, -0.05) is 5.16 Å². The van der Waals surface area contributed by atoms with Crippen LogP contribution in [0.1, 0.15) is 10.5 Å². The Kier molecular flexibility index (Phi) is 2.28. The van der Waals surface area contributed by atoms with Crippen molar-refractivity contribution in [2.45, 2.75) is 0 Å². The van der Waals surface area contributed by atoms with Crippen molar-refractivity contribution in [2.75, 3.05) is 7.11 Å². The third kappa shape index (κ3) is 1.48. The number of non-ortho nitro benzene ring substituents is 1. The first-order chi connectivity index (χ1) is 7.63. The fraction of sp³-hybridized carbons (Fsp3) is 0.111. The van der Waals surface area contributed by atoms with Crippen molar-refractivity contribution in [3.05, 3.63) is 34.0 Å². The van der Waals surface area contributed by atoms with Gasteiger partial charge in [-0.15, -0.1) is 0 Å². The SMILES string of the molecule is COC(=O)c1noc2ccc([N+](=O)[O-])cc12. The van der Waals surface area contributed by atoms with Crippen LogP contribution >= 0.6 is 0 Å². The molecule has 1 heterocycles. The van der Waals surface area contributed by atoms with Gasteiger partial charge >= 0.3 is 5.97 Å². The molecule has 2 aromatic rings. The van der Waals surface area contributed by atoms with Crippen LogP contribution < -0.4 is 0 Å². The summed E-state index contributed by atoms with van der Waals surface area (Å²) in [6.45, 7) is 0. The number of nitrogens with zero attached hydrogens (tertiary/aromatic N) is 2. The van der Waals surface area contributed by atoms with Gasteiger partial charge in [0.25, 0.3) is 5.69 Å². The summed E-state index contributed by atoms with van der Waals surface area (Å²) in [6.07, 6.45) is 0. The predicted octanol–water partition coefficient (Wildman–Crippen LogP) is 1.52. The Bertz CT molecular complexity index is 574. The lowest BCUT2D eigenvalue weighted by Gasteiger charge is -1.93. The van der Waals surface area contributed by atoms with Gasteiger partial charge in [0.05, 0.1) is 17.4 Å². The van der Waals surface area contributed by atoms with E-state index in [0.717, 1.165) is 0 Å². The number of fused-ring (bicyclic) bond motifs is 1. The molecular weight excluding hydrogens is 216 g/mol. The summed E-state index contributed by atoms with van der Waals surface area (Å²) in [4.78, 5) is 21.2. The molecule has 0 saturated carbocycles. The predicted molar refractivity (Wildman–Crippen MR) is 52.0 cm³/mol. The molecule has 7 nitrogen and oxygen atoms in total. The van der Waals surface area contributed by atoms with Gasteiger partial charge in [0.1, 0.15) is 0 Å². The van der Waals surface area contributed by atoms with Crippen LogP contribution in [0.3, 0.4) is 0 Å².